The van der Waals surface area contributed by atoms with Crippen molar-refractivity contribution in [2.75, 3.05) is 0 Å². The number of halogens is 1. The SMILES string of the molecule is C=CC(N)=O.Cl.[Ca+2].[H-].[H-]. The molecule has 0 aromatic carbocycles. The van der Waals surface area contributed by atoms with Crippen LogP contribution in [-0.2, 0) is 4.79 Å². The molecule has 0 bridgehead atoms. The molecule has 2 N–H and O–H groups in total. The quantitative estimate of drug-likeness (QED) is 0.412. The monoisotopic (exact) mass is 149 g/mol. The first kappa shape index (κ1) is 15.7. The molecule has 0 saturated carbocycles. The van der Waals surface area contributed by atoms with Crippen molar-refractivity contribution in [3.8, 4) is 0 Å². The van der Waals surface area contributed by atoms with Crippen LogP contribution >= 0.6 is 12.4 Å². The number of nitrogens with two attached hydrogens (primary N) is 1. The Hall–Kier alpha value is 0.760. The van der Waals surface area contributed by atoms with Crippen molar-refractivity contribution in [3.63, 3.8) is 0 Å². The first-order valence-corrected chi connectivity index (χ1v) is 1.19. The second-order valence-corrected chi connectivity index (χ2v) is 0.606. The van der Waals surface area contributed by atoms with Gasteiger partial charge >= 0.3 is 37.7 Å². The average Bonchev–Trinajstić information content (AvgIpc) is 1.38. The first-order valence-electron chi connectivity index (χ1n) is 1.19. The summed E-state index contributed by atoms with van der Waals surface area (Å²) in [7, 11) is 0. The normalized spacial score (nSPS) is 4.57. The van der Waals surface area contributed by atoms with E-state index in [0.717, 1.165) is 6.08 Å². The number of amides is 1. The van der Waals surface area contributed by atoms with Crippen LogP contribution in [0.2, 0.25) is 0 Å². The molecular weight excluding hydrogens is 142 g/mol. The zero-order chi connectivity index (χ0) is 4.28. The maximum Gasteiger partial charge on any atom is 2.00 e. The van der Waals surface area contributed by atoms with Crippen molar-refractivity contribution in [1.29, 1.82) is 0 Å². The molecule has 40 valence electrons. The van der Waals surface area contributed by atoms with Crippen LogP contribution in [0.5, 0.6) is 0 Å². The maximum absolute atomic E-state index is 9.47. The molecule has 2 nitrogen and oxygen atoms in total. The number of carbonyl (C=O) groups is 1. The van der Waals surface area contributed by atoms with Crippen molar-refractivity contribution >= 4 is 56.1 Å². The summed E-state index contributed by atoms with van der Waals surface area (Å²) in [6, 6.07) is 0. The van der Waals surface area contributed by atoms with E-state index < -0.39 is 5.91 Å². The standard InChI is InChI=1S/C3H5NO.Ca.ClH.2H/c1-2-3(4)5;;;;/h2H,1H2,(H2,4,5);;1H;;/q;+2;;2*-1. The van der Waals surface area contributed by atoms with Crippen molar-refractivity contribution in [2.24, 2.45) is 5.73 Å². The summed E-state index contributed by atoms with van der Waals surface area (Å²) in [4.78, 5) is 9.47. The van der Waals surface area contributed by atoms with E-state index in [9.17, 15) is 4.79 Å². The van der Waals surface area contributed by atoms with Crippen molar-refractivity contribution in [1.82, 2.24) is 0 Å². The fourth-order valence-electron chi connectivity index (χ4n) is 0. The second kappa shape index (κ2) is 9.90. The molecule has 0 aliphatic rings. The van der Waals surface area contributed by atoms with Crippen LogP contribution in [0, 0.1) is 0 Å². The van der Waals surface area contributed by atoms with Gasteiger partial charge in [0.25, 0.3) is 0 Å². The third-order valence-electron chi connectivity index (χ3n) is 0.201. The molecule has 0 atom stereocenters. The Balaban J connectivity index is -0.0000000133. The van der Waals surface area contributed by atoms with Gasteiger partial charge in [0.05, 0.1) is 0 Å². The zero-order valence-electron chi connectivity index (χ0n) is 5.89. The summed E-state index contributed by atoms with van der Waals surface area (Å²) in [5.41, 5.74) is 4.53. The summed E-state index contributed by atoms with van der Waals surface area (Å²) >= 11 is 0. The van der Waals surface area contributed by atoms with Crippen LogP contribution in [0.1, 0.15) is 2.85 Å². The molecule has 0 heterocycles. The van der Waals surface area contributed by atoms with Crippen molar-refractivity contribution < 1.29 is 7.65 Å². The van der Waals surface area contributed by atoms with Gasteiger partial charge in [-0.2, -0.15) is 0 Å². The van der Waals surface area contributed by atoms with E-state index in [1.54, 1.807) is 0 Å². The zero-order valence-corrected chi connectivity index (χ0v) is 6.91. The van der Waals surface area contributed by atoms with Crippen LogP contribution in [0.15, 0.2) is 12.7 Å². The predicted molar refractivity (Wildman–Crippen MR) is 34.6 cm³/mol. The van der Waals surface area contributed by atoms with E-state index in [-0.39, 0.29) is 53.0 Å². The van der Waals surface area contributed by atoms with Crippen LogP contribution < -0.4 is 5.73 Å². The second-order valence-electron chi connectivity index (χ2n) is 0.606. The van der Waals surface area contributed by atoms with Gasteiger partial charge in [-0.1, -0.05) is 6.58 Å². The molecule has 4 heteroatoms. The topological polar surface area (TPSA) is 43.1 Å². The van der Waals surface area contributed by atoms with E-state index in [2.05, 4.69) is 12.3 Å². The average molecular weight is 150 g/mol. The summed E-state index contributed by atoms with van der Waals surface area (Å²) < 4.78 is 0. The molecule has 0 fully saturated rings. The number of rotatable bonds is 1. The minimum Gasteiger partial charge on any atom is -1.00 e. The molecular formula is C3H8CaClNO. The summed E-state index contributed by atoms with van der Waals surface area (Å²) in [5.74, 6) is -0.481. The molecule has 0 spiro atoms. The Bertz CT molecular complexity index is 72.8. The van der Waals surface area contributed by atoms with Crippen molar-refractivity contribution in [2.45, 2.75) is 0 Å². The Morgan fingerprint density at radius 2 is 2.00 bits per heavy atom. The molecule has 1 amide bonds. The fourth-order valence-corrected chi connectivity index (χ4v) is 0. The van der Waals surface area contributed by atoms with Crippen LogP contribution in [0.4, 0.5) is 0 Å². The van der Waals surface area contributed by atoms with E-state index in [1.807, 2.05) is 0 Å². The summed E-state index contributed by atoms with van der Waals surface area (Å²) in [6.07, 6.45) is 1.06. The molecule has 0 radical (unpaired) electrons. The van der Waals surface area contributed by atoms with Crippen LogP contribution in [0.25, 0.3) is 0 Å². The maximum atomic E-state index is 9.47. The molecule has 0 unspecified atom stereocenters. The van der Waals surface area contributed by atoms with E-state index >= 15 is 0 Å². The van der Waals surface area contributed by atoms with Crippen LogP contribution in [0.3, 0.4) is 0 Å². The summed E-state index contributed by atoms with van der Waals surface area (Å²) in [5, 5.41) is 0. The molecule has 0 aromatic rings. The number of hydrogen-bond acceptors (Lipinski definition) is 1. The fraction of sp³-hybridized carbons (Fsp3) is 0. The van der Waals surface area contributed by atoms with Gasteiger partial charge in [-0.15, -0.1) is 12.4 Å². The van der Waals surface area contributed by atoms with E-state index in [1.165, 1.54) is 0 Å². The van der Waals surface area contributed by atoms with Gasteiger partial charge in [-0.25, -0.2) is 0 Å². The largest absolute Gasteiger partial charge is 2.00 e. The first-order chi connectivity index (χ1) is 2.27. The molecule has 0 aliphatic carbocycles. The van der Waals surface area contributed by atoms with Gasteiger partial charge in [0.2, 0.25) is 5.91 Å². The number of carbonyl (C=O) groups excluding carboxylic acids is 1. The minimum atomic E-state index is -0.481. The Labute approximate surface area is 81.5 Å². The van der Waals surface area contributed by atoms with Gasteiger partial charge in [-0.3, -0.25) is 4.79 Å². The molecule has 0 aromatic heterocycles. The summed E-state index contributed by atoms with van der Waals surface area (Å²) in [6.45, 7) is 3.09. The smallest absolute Gasteiger partial charge is 1.00 e. The van der Waals surface area contributed by atoms with Gasteiger partial charge in [0, 0.05) is 0 Å². The molecule has 0 aliphatic heterocycles. The molecule has 0 saturated heterocycles. The molecule has 7 heavy (non-hydrogen) atoms. The number of hydrogen-bond donors (Lipinski definition) is 1. The Morgan fingerprint density at radius 3 is 2.00 bits per heavy atom. The van der Waals surface area contributed by atoms with Gasteiger partial charge in [0.1, 0.15) is 0 Å². The third-order valence-corrected chi connectivity index (χ3v) is 0.201. The number of primary amides is 1. The molecule has 0 rings (SSSR count). The van der Waals surface area contributed by atoms with E-state index in [0.29, 0.717) is 0 Å². The van der Waals surface area contributed by atoms with Crippen LogP contribution in [-0.4, -0.2) is 43.6 Å². The predicted octanol–water partition coefficient (Wildman–Crippen LogP) is -0.0763. The third kappa shape index (κ3) is 20.1. The van der Waals surface area contributed by atoms with E-state index in [4.69, 9.17) is 0 Å². The van der Waals surface area contributed by atoms with Gasteiger partial charge < -0.3 is 8.59 Å². The Morgan fingerprint density at radius 1 is 1.86 bits per heavy atom. The van der Waals surface area contributed by atoms with Gasteiger partial charge in [-0.05, 0) is 6.08 Å². The van der Waals surface area contributed by atoms with Crippen molar-refractivity contribution in [3.05, 3.63) is 12.7 Å². The Kier molecular flexibility index (Phi) is 22.1. The van der Waals surface area contributed by atoms with Gasteiger partial charge in [0.15, 0.2) is 0 Å². The minimum absolute atomic E-state index is 0.